The van der Waals surface area contributed by atoms with Crippen molar-refractivity contribution in [3.05, 3.63) is 42.2 Å². The Balaban J connectivity index is 1.69. The van der Waals surface area contributed by atoms with E-state index >= 15 is 0 Å². The molecule has 0 aliphatic carbocycles. The molecule has 0 spiro atoms. The third kappa shape index (κ3) is 2.50. The summed E-state index contributed by atoms with van der Waals surface area (Å²) in [4.78, 5) is 11.2. The quantitative estimate of drug-likeness (QED) is 0.735. The Morgan fingerprint density at radius 1 is 1.29 bits per heavy atom. The van der Waals surface area contributed by atoms with E-state index in [1.807, 2.05) is 4.57 Å². The zero-order valence-electron chi connectivity index (χ0n) is 13.9. The van der Waals surface area contributed by atoms with Gasteiger partial charge < -0.3 is 14.2 Å². The number of morpholine rings is 1. The highest BCUT2D eigenvalue weighted by atomic mass is 16.5. The van der Waals surface area contributed by atoms with Crippen molar-refractivity contribution >= 4 is 16.7 Å². The number of fused-ring (bicyclic) bond motifs is 1. The van der Waals surface area contributed by atoms with Gasteiger partial charge in [0.25, 0.3) is 0 Å². The molecular formula is C17H20N6O. The van der Waals surface area contributed by atoms with Crippen LogP contribution in [0.5, 0.6) is 0 Å². The van der Waals surface area contributed by atoms with Gasteiger partial charge in [0.2, 0.25) is 0 Å². The van der Waals surface area contributed by atoms with E-state index in [9.17, 15) is 0 Å². The average molecular weight is 324 g/mol. The third-order valence-electron chi connectivity index (χ3n) is 4.49. The Hall–Kier alpha value is -2.54. The first-order valence-electron chi connectivity index (χ1n) is 8.22. The third-order valence-corrected chi connectivity index (χ3v) is 4.49. The second-order valence-corrected chi connectivity index (χ2v) is 5.95. The molecular weight excluding hydrogens is 304 g/mol. The Labute approximate surface area is 140 Å². The minimum Gasteiger partial charge on any atom is -0.366 e. The summed E-state index contributed by atoms with van der Waals surface area (Å²) in [5.74, 6) is 1.83. The fourth-order valence-corrected chi connectivity index (χ4v) is 3.23. The molecule has 1 fully saturated rings. The Morgan fingerprint density at radius 3 is 3.08 bits per heavy atom. The molecule has 124 valence electrons. The van der Waals surface area contributed by atoms with E-state index in [-0.39, 0.29) is 6.10 Å². The lowest BCUT2D eigenvalue weighted by Gasteiger charge is -2.33. The summed E-state index contributed by atoms with van der Waals surface area (Å²) in [7, 11) is 0. The number of hydrogen-bond acceptors (Lipinski definition) is 6. The lowest BCUT2D eigenvalue weighted by molar-refractivity contribution is 0.0314. The number of hydrogen-bond donors (Lipinski definition) is 0. The van der Waals surface area contributed by atoms with E-state index in [0.717, 1.165) is 41.2 Å². The summed E-state index contributed by atoms with van der Waals surface area (Å²) in [5.41, 5.74) is 2.16. The molecule has 0 saturated carbocycles. The first-order valence-corrected chi connectivity index (χ1v) is 8.22. The monoisotopic (exact) mass is 324 g/mol. The zero-order valence-corrected chi connectivity index (χ0v) is 13.9. The topological polar surface area (TPSA) is 69.0 Å². The van der Waals surface area contributed by atoms with E-state index in [4.69, 9.17) is 4.74 Å². The highest BCUT2D eigenvalue weighted by Crippen LogP contribution is 2.29. The molecule has 0 bridgehead atoms. The minimum atomic E-state index is -0.101. The smallest absolute Gasteiger partial charge is 0.163 e. The van der Waals surface area contributed by atoms with Crippen molar-refractivity contribution < 1.29 is 4.74 Å². The zero-order chi connectivity index (χ0) is 16.5. The second-order valence-electron chi connectivity index (χ2n) is 5.95. The number of nitrogens with zero attached hydrogens (tertiary/aromatic N) is 6. The number of aromatic nitrogens is 5. The largest absolute Gasteiger partial charge is 0.366 e. The maximum absolute atomic E-state index is 5.94. The summed E-state index contributed by atoms with van der Waals surface area (Å²) in [5, 5.41) is 9.34. The number of aryl methyl sites for hydroxylation is 2. The molecule has 0 unspecified atom stereocenters. The fraction of sp³-hybridized carbons (Fsp3) is 0.412. The molecule has 1 atom stereocenters. The van der Waals surface area contributed by atoms with Gasteiger partial charge in [-0.05, 0) is 25.5 Å². The van der Waals surface area contributed by atoms with Crippen molar-refractivity contribution in [1.29, 1.82) is 0 Å². The Morgan fingerprint density at radius 2 is 2.21 bits per heavy atom. The van der Waals surface area contributed by atoms with Crippen LogP contribution < -0.4 is 4.90 Å². The SMILES string of the molecule is CCn1cnnc1[C@@H]1CN(c2ncnc3c(C)cccc23)CCO1. The number of benzene rings is 1. The predicted molar refractivity (Wildman–Crippen MR) is 90.9 cm³/mol. The Bertz CT molecular complexity index is 861. The van der Waals surface area contributed by atoms with Crippen molar-refractivity contribution in [2.75, 3.05) is 24.6 Å². The van der Waals surface area contributed by atoms with Crippen molar-refractivity contribution in [1.82, 2.24) is 24.7 Å². The van der Waals surface area contributed by atoms with Crippen molar-refractivity contribution in [2.24, 2.45) is 0 Å². The first kappa shape index (κ1) is 15.0. The molecule has 7 heteroatoms. The predicted octanol–water partition coefficient (Wildman–Crippen LogP) is 2.13. The summed E-state index contributed by atoms with van der Waals surface area (Å²) < 4.78 is 7.97. The molecule has 0 N–H and O–H groups in total. The van der Waals surface area contributed by atoms with E-state index in [1.54, 1.807) is 12.7 Å². The van der Waals surface area contributed by atoms with Gasteiger partial charge in [0.1, 0.15) is 24.6 Å². The van der Waals surface area contributed by atoms with E-state index in [1.165, 1.54) is 0 Å². The molecule has 3 aromatic rings. The number of anilines is 1. The van der Waals surface area contributed by atoms with Gasteiger partial charge >= 0.3 is 0 Å². The second kappa shape index (κ2) is 6.16. The Kier molecular flexibility index (Phi) is 3.86. The van der Waals surface area contributed by atoms with Crippen LogP contribution in [0, 0.1) is 6.92 Å². The normalized spacial score (nSPS) is 18.2. The maximum Gasteiger partial charge on any atom is 0.163 e. The molecule has 1 aliphatic rings. The maximum atomic E-state index is 5.94. The molecule has 4 rings (SSSR count). The van der Waals surface area contributed by atoms with Gasteiger partial charge in [-0.1, -0.05) is 12.1 Å². The number of para-hydroxylation sites is 1. The van der Waals surface area contributed by atoms with Gasteiger partial charge in [-0.3, -0.25) is 0 Å². The number of ether oxygens (including phenoxy) is 1. The van der Waals surface area contributed by atoms with E-state index in [2.05, 4.69) is 57.1 Å². The molecule has 1 aliphatic heterocycles. The van der Waals surface area contributed by atoms with Crippen LogP contribution in [0.3, 0.4) is 0 Å². The molecule has 1 aromatic carbocycles. The van der Waals surface area contributed by atoms with Gasteiger partial charge in [-0.25, -0.2) is 9.97 Å². The molecule has 7 nitrogen and oxygen atoms in total. The standard InChI is InChI=1S/C17H20N6O/c1-3-22-11-20-21-17(22)14-9-23(7-8-24-14)16-13-6-4-5-12(2)15(13)18-10-19-16/h4-6,10-11,14H,3,7-9H2,1-2H3/t14-/m0/s1. The molecule has 2 aromatic heterocycles. The van der Waals surface area contributed by atoms with Crippen LogP contribution in [0.2, 0.25) is 0 Å². The van der Waals surface area contributed by atoms with E-state index in [0.29, 0.717) is 13.2 Å². The van der Waals surface area contributed by atoms with Gasteiger partial charge in [0.05, 0.1) is 18.7 Å². The van der Waals surface area contributed by atoms with Gasteiger partial charge in [0, 0.05) is 18.5 Å². The van der Waals surface area contributed by atoms with Crippen LogP contribution in [-0.4, -0.2) is 44.4 Å². The molecule has 1 saturated heterocycles. The van der Waals surface area contributed by atoms with Crippen LogP contribution in [0.1, 0.15) is 24.4 Å². The molecule has 24 heavy (non-hydrogen) atoms. The fourth-order valence-electron chi connectivity index (χ4n) is 3.23. The van der Waals surface area contributed by atoms with E-state index < -0.39 is 0 Å². The van der Waals surface area contributed by atoms with Crippen LogP contribution in [0.25, 0.3) is 10.9 Å². The van der Waals surface area contributed by atoms with Crippen LogP contribution in [0.4, 0.5) is 5.82 Å². The molecule has 3 heterocycles. The molecule has 0 radical (unpaired) electrons. The highest BCUT2D eigenvalue weighted by Gasteiger charge is 2.27. The lowest BCUT2D eigenvalue weighted by Crippen LogP contribution is -2.39. The highest BCUT2D eigenvalue weighted by molar-refractivity contribution is 5.91. The van der Waals surface area contributed by atoms with Gasteiger partial charge in [0.15, 0.2) is 5.82 Å². The van der Waals surface area contributed by atoms with Crippen LogP contribution in [-0.2, 0) is 11.3 Å². The van der Waals surface area contributed by atoms with Crippen molar-refractivity contribution in [3.63, 3.8) is 0 Å². The van der Waals surface area contributed by atoms with Crippen LogP contribution in [0.15, 0.2) is 30.9 Å². The summed E-state index contributed by atoms with van der Waals surface area (Å²) in [6.45, 7) is 7.13. The lowest BCUT2D eigenvalue weighted by atomic mass is 10.1. The summed E-state index contributed by atoms with van der Waals surface area (Å²) in [6.07, 6.45) is 3.29. The van der Waals surface area contributed by atoms with Crippen LogP contribution >= 0.6 is 0 Å². The number of rotatable bonds is 3. The van der Waals surface area contributed by atoms with Gasteiger partial charge in [-0.15, -0.1) is 10.2 Å². The summed E-state index contributed by atoms with van der Waals surface area (Å²) >= 11 is 0. The van der Waals surface area contributed by atoms with Crippen molar-refractivity contribution in [3.8, 4) is 0 Å². The van der Waals surface area contributed by atoms with Crippen molar-refractivity contribution in [2.45, 2.75) is 26.5 Å². The summed E-state index contributed by atoms with van der Waals surface area (Å²) in [6, 6.07) is 6.21. The van der Waals surface area contributed by atoms with Gasteiger partial charge in [-0.2, -0.15) is 0 Å². The first-order chi connectivity index (χ1) is 11.8. The minimum absolute atomic E-state index is 0.101. The average Bonchev–Trinajstić information content (AvgIpc) is 3.11. The molecule has 0 amide bonds.